The van der Waals surface area contributed by atoms with Crippen LogP contribution in [-0.4, -0.2) is 17.0 Å². The molecule has 0 atom stereocenters. The lowest BCUT2D eigenvalue weighted by atomic mass is 10.1. The number of halogens is 2. The zero-order valence-corrected chi connectivity index (χ0v) is 10.1. The number of anilines is 1. The summed E-state index contributed by atoms with van der Waals surface area (Å²) in [5.74, 6) is -3.76. The first kappa shape index (κ1) is 13.7. The second-order valence-corrected chi connectivity index (χ2v) is 3.93. The summed E-state index contributed by atoms with van der Waals surface area (Å²) in [5.41, 5.74) is -0.534. The number of carbonyl (C=O) groups excluding carboxylic acids is 1. The lowest BCUT2D eigenvalue weighted by molar-refractivity contribution is 0.0692. The van der Waals surface area contributed by atoms with Gasteiger partial charge in [0.25, 0.3) is 5.91 Å². The van der Waals surface area contributed by atoms with Gasteiger partial charge in [-0.15, -0.1) is 0 Å². The second kappa shape index (κ2) is 5.48. The van der Waals surface area contributed by atoms with Crippen molar-refractivity contribution >= 4 is 17.6 Å². The molecule has 0 unspecified atom stereocenters. The minimum absolute atomic E-state index is 0.108. The molecular formula is C14H9F2NO3. The number of carboxylic acids is 1. The summed E-state index contributed by atoms with van der Waals surface area (Å²) in [6.45, 7) is 0. The molecule has 0 heterocycles. The molecule has 6 heteroatoms. The molecule has 20 heavy (non-hydrogen) atoms. The van der Waals surface area contributed by atoms with E-state index in [4.69, 9.17) is 5.11 Å². The van der Waals surface area contributed by atoms with E-state index in [9.17, 15) is 18.4 Å². The molecule has 0 bridgehead atoms. The van der Waals surface area contributed by atoms with E-state index in [1.807, 2.05) is 0 Å². The van der Waals surface area contributed by atoms with Crippen LogP contribution >= 0.6 is 0 Å². The second-order valence-electron chi connectivity index (χ2n) is 3.93. The SMILES string of the molecule is O=C(O)c1ccccc1C(=O)Nc1ccc(F)cc1F. The number of benzene rings is 2. The van der Waals surface area contributed by atoms with Crippen molar-refractivity contribution in [2.45, 2.75) is 0 Å². The van der Waals surface area contributed by atoms with Gasteiger partial charge in [-0.2, -0.15) is 0 Å². The van der Waals surface area contributed by atoms with Crippen LogP contribution in [0.2, 0.25) is 0 Å². The van der Waals surface area contributed by atoms with Crippen molar-refractivity contribution < 1.29 is 23.5 Å². The van der Waals surface area contributed by atoms with E-state index in [0.717, 1.165) is 12.1 Å². The Labute approximate surface area is 112 Å². The van der Waals surface area contributed by atoms with E-state index in [0.29, 0.717) is 6.07 Å². The van der Waals surface area contributed by atoms with Crippen molar-refractivity contribution in [3.63, 3.8) is 0 Å². The van der Waals surface area contributed by atoms with E-state index in [1.54, 1.807) is 0 Å². The number of rotatable bonds is 3. The summed E-state index contributed by atoms with van der Waals surface area (Å²) in [7, 11) is 0. The van der Waals surface area contributed by atoms with E-state index < -0.39 is 23.5 Å². The minimum Gasteiger partial charge on any atom is -0.478 e. The Morgan fingerprint density at radius 1 is 1.00 bits per heavy atom. The maximum Gasteiger partial charge on any atom is 0.336 e. The number of hydrogen-bond acceptors (Lipinski definition) is 2. The normalized spacial score (nSPS) is 10.1. The molecule has 0 aliphatic carbocycles. The lowest BCUT2D eigenvalue weighted by Gasteiger charge is -2.08. The predicted molar refractivity (Wildman–Crippen MR) is 67.7 cm³/mol. The monoisotopic (exact) mass is 277 g/mol. The molecule has 0 aromatic heterocycles. The Hall–Kier alpha value is -2.76. The van der Waals surface area contributed by atoms with Crippen molar-refractivity contribution in [1.82, 2.24) is 0 Å². The van der Waals surface area contributed by atoms with Gasteiger partial charge in [-0.25, -0.2) is 13.6 Å². The van der Waals surface area contributed by atoms with Crippen LogP contribution < -0.4 is 5.32 Å². The maximum absolute atomic E-state index is 13.4. The average Bonchev–Trinajstić information content (AvgIpc) is 2.41. The van der Waals surface area contributed by atoms with Crippen molar-refractivity contribution in [3.05, 3.63) is 65.2 Å². The van der Waals surface area contributed by atoms with Crippen LogP contribution in [0.4, 0.5) is 14.5 Å². The summed E-state index contributed by atoms with van der Waals surface area (Å²) >= 11 is 0. The first-order valence-corrected chi connectivity index (χ1v) is 5.58. The number of nitrogens with one attached hydrogen (secondary N) is 1. The van der Waals surface area contributed by atoms with Crippen LogP contribution in [0.5, 0.6) is 0 Å². The Balaban J connectivity index is 2.31. The van der Waals surface area contributed by atoms with Crippen LogP contribution in [0.1, 0.15) is 20.7 Å². The molecule has 2 aromatic carbocycles. The number of carbonyl (C=O) groups is 2. The number of hydrogen-bond donors (Lipinski definition) is 2. The van der Waals surface area contributed by atoms with Crippen LogP contribution in [0.3, 0.4) is 0 Å². The summed E-state index contributed by atoms with van der Waals surface area (Å²) < 4.78 is 26.2. The first-order chi connectivity index (χ1) is 9.49. The van der Waals surface area contributed by atoms with Gasteiger partial charge in [-0.05, 0) is 24.3 Å². The highest BCUT2D eigenvalue weighted by Gasteiger charge is 2.17. The first-order valence-electron chi connectivity index (χ1n) is 5.58. The van der Waals surface area contributed by atoms with Gasteiger partial charge in [0, 0.05) is 6.07 Å². The van der Waals surface area contributed by atoms with Gasteiger partial charge in [0.15, 0.2) is 0 Å². The zero-order valence-electron chi connectivity index (χ0n) is 10.1. The molecule has 0 aliphatic rings. The Morgan fingerprint density at radius 3 is 2.25 bits per heavy atom. The van der Waals surface area contributed by atoms with Crippen molar-refractivity contribution in [2.75, 3.05) is 5.32 Å². The predicted octanol–water partition coefficient (Wildman–Crippen LogP) is 2.92. The molecule has 4 nitrogen and oxygen atoms in total. The molecule has 0 saturated carbocycles. The van der Waals surface area contributed by atoms with Crippen LogP contribution in [0.15, 0.2) is 42.5 Å². The quantitative estimate of drug-likeness (QED) is 0.906. The summed E-state index contributed by atoms with van der Waals surface area (Å²) in [4.78, 5) is 22.9. The Bertz CT molecular complexity index is 686. The number of aromatic carboxylic acids is 1. The van der Waals surface area contributed by atoms with Crippen LogP contribution in [0.25, 0.3) is 0 Å². The highest BCUT2D eigenvalue weighted by atomic mass is 19.1. The van der Waals surface area contributed by atoms with E-state index in [-0.39, 0.29) is 16.8 Å². The lowest BCUT2D eigenvalue weighted by Crippen LogP contribution is -2.17. The molecule has 0 aliphatic heterocycles. The number of carboxylic acid groups (broad SMARTS) is 1. The van der Waals surface area contributed by atoms with Gasteiger partial charge < -0.3 is 10.4 Å². The number of amides is 1. The molecular weight excluding hydrogens is 268 g/mol. The molecule has 0 saturated heterocycles. The van der Waals surface area contributed by atoms with Gasteiger partial charge in [-0.1, -0.05) is 12.1 Å². The highest BCUT2D eigenvalue weighted by Crippen LogP contribution is 2.17. The molecule has 1 amide bonds. The third-order valence-corrected chi connectivity index (χ3v) is 2.58. The standard InChI is InChI=1S/C14H9F2NO3/c15-8-5-6-12(11(16)7-8)17-13(18)9-3-1-2-4-10(9)14(19)20/h1-7H,(H,17,18)(H,19,20). The van der Waals surface area contributed by atoms with Crippen molar-refractivity contribution in [3.8, 4) is 0 Å². The molecule has 0 spiro atoms. The van der Waals surface area contributed by atoms with Crippen molar-refractivity contribution in [2.24, 2.45) is 0 Å². The fourth-order valence-corrected chi connectivity index (χ4v) is 1.65. The largest absolute Gasteiger partial charge is 0.478 e. The maximum atomic E-state index is 13.4. The summed E-state index contributed by atoms with van der Waals surface area (Å²) in [5, 5.41) is 11.2. The fraction of sp³-hybridized carbons (Fsp3) is 0. The third kappa shape index (κ3) is 2.80. The molecule has 2 N–H and O–H groups in total. The molecule has 0 radical (unpaired) electrons. The third-order valence-electron chi connectivity index (χ3n) is 2.58. The molecule has 2 aromatic rings. The minimum atomic E-state index is -1.27. The van der Waals surface area contributed by atoms with E-state index >= 15 is 0 Å². The van der Waals surface area contributed by atoms with E-state index in [1.165, 1.54) is 24.3 Å². The summed E-state index contributed by atoms with van der Waals surface area (Å²) in [6, 6.07) is 8.20. The van der Waals surface area contributed by atoms with Gasteiger partial charge in [-0.3, -0.25) is 4.79 Å². The fourth-order valence-electron chi connectivity index (χ4n) is 1.65. The molecule has 0 fully saturated rings. The smallest absolute Gasteiger partial charge is 0.336 e. The van der Waals surface area contributed by atoms with Gasteiger partial charge in [0.05, 0.1) is 16.8 Å². The Morgan fingerprint density at radius 2 is 1.65 bits per heavy atom. The zero-order chi connectivity index (χ0) is 14.7. The van der Waals surface area contributed by atoms with Crippen molar-refractivity contribution in [1.29, 1.82) is 0 Å². The molecule has 102 valence electrons. The van der Waals surface area contributed by atoms with Gasteiger partial charge in [0.1, 0.15) is 11.6 Å². The van der Waals surface area contributed by atoms with Crippen LogP contribution in [-0.2, 0) is 0 Å². The van der Waals surface area contributed by atoms with E-state index in [2.05, 4.69) is 5.32 Å². The molecule has 2 rings (SSSR count). The van der Waals surface area contributed by atoms with Crippen LogP contribution in [0, 0.1) is 11.6 Å². The average molecular weight is 277 g/mol. The Kier molecular flexibility index (Phi) is 3.74. The summed E-state index contributed by atoms with van der Waals surface area (Å²) in [6.07, 6.45) is 0. The van der Waals surface area contributed by atoms with Gasteiger partial charge >= 0.3 is 5.97 Å². The topological polar surface area (TPSA) is 66.4 Å². The van der Waals surface area contributed by atoms with Gasteiger partial charge in [0.2, 0.25) is 0 Å². The highest BCUT2D eigenvalue weighted by molar-refractivity contribution is 6.10.